The van der Waals surface area contributed by atoms with Gasteiger partial charge in [-0.1, -0.05) is 12.8 Å². The van der Waals surface area contributed by atoms with Crippen LogP contribution in [0.5, 0.6) is 0 Å². The van der Waals surface area contributed by atoms with Crippen molar-refractivity contribution in [1.29, 1.82) is 0 Å². The van der Waals surface area contributed by atoms with E-state index in [9.17, 15) is 0 Å². The summed E-state index contributed by atoms with van der Waals surface area (Å²) in [4.78, 5) is 2.47. The van der Waals surface area contributed by atoms with Crippen LogP contribution in [-0.4, -0.2) is 22.4 Å². The molecule has 0 spiro atoms. The van der Waals surface area contributed by atoms with Crippen LogP contribution in [0.3, 0.4) is 0 Å². The first-order valence-corrected chi connectivity index (χ1v) is 6.81. The summed E-state index contributed by atoms with van der Waals surface area (Å²) >= 11 is 0. The lowest BCUT2D eigenvalue weighted by molar-refractivity contribution is 0.242. The predicted octanol–water partition coefficient (Wildman–Crippen LogP) is 2.16. The molecular weight excluding hydrogens is 212 g/mol. The van der Waals surface area contributed by atoms with Crippen LogP contribution in [0.1, 0.15) is 38.5 Å². The maximum atomic E-state index is 6.07. The minimum absolute atomic E-state index is 0.690. The molecule has 3 rings (SSSR count). The monoisotopic (exact) mass is 234 g/mol. The normalized spacial score (nSPS) is 29.1. The highest BCUT2D eigenvalue weighted by atomic mass is 15.4. The van der Waals surface area contributed by atoms with Gasteiger partial charge in [-0.2, -0.15) is 5.10 Å². The Morgan fingerprint density at radius 3 is 2.76 bits per heavy atom. The number of piperidine rings is 1. The Bertz CT molecular complexity index is 396. The van der Waals surface area contributed by atoms with Gasteiger partial charge in [0.05, 0.1) is 5.69 Å². The van der Waals surface area contributed by atoms with E-state index in [-0.39, 0.29) is 0 Å². The second-order valence-electron chi connectivity index (χ2n) is 5.53. The molecule has 2 fully saturated rings. The van der Waals surface area contributed by atoms with Crippen molar-refractivity contribution in [2.24, 2.45) is 13.0 Å². The summed E-state index contributed by atoms with van der Waals surface area (Å²) in [7, 11) is 1.95. The predicted molar refractivity (Wildman–Crippen MR) is 69.9 cm³/mol. The van der Waals surface area contributed by atoms with Gasteiger partial charge < -0.3 is 10.6 Å². The second kappa shape index (κ2) is 4.24. The van der Waals surface area contributed by atoms with Crippen molar-refractivity contribution in [2.75, 3.05) is 17.2 Å². The third-order valence-corrected chi connectivity index (χ3v) is 4.35. The average Bonchev–Trinajstić information content (AvgIpc) is 2.68. The van der Waals surface area contributed by atoms with Crippen molar-refractivity contribution in [1.82, 2.24) is 9.78 Å². The van der Waals surface area contributed by atoms with E-state index in [0.717, 1.165) is 24.0 Å². The first-order chi connectivity index (χ1) is 8.25. The van der Waals surface area contributed by atoms with Crippen molar-refractivity contribution in [3.8, 4) is 0 Å². The molecule has 2 heterocycles. The number of nitrogen functional groups attached to an aromatic ring is 1. The maximum absolute atomic E-state index is 6.07. The lowest BCUT2D eigenvalue weighted by atomic mass is 9.78. The molecule has 17 heavy (non-hydrogen) atoms. The Morgan fingerprint density at radius 1 is 1.24 bits per heavy atom. The van der Waals surface area contributed by atoms with Crippen LogP contribution in [0.15, 0.2) is 6.20 Å². The highest BCUT2D eigenvalue weighted by Gasteiger charge is 2.34. The summed E-state index contributed by atoms with van der Waals surface area (Å²) in [6.45, 7) is 1.13. The van der Waals surface area contributed by atoms with Gasteiger partial charge in [-0.05, 0) is 31.6 Å². The van der Waals surface area contributed by atoms with Crippen molar-refractivity contribution in [3.63, 3.8) is 0 Å². The van der Waals surface area contributed by atoms with E-state index >= 15 is 0 Å². The molecule has 0 bridgehead atoms. The molecule has 1 aromatic heterocycles. The van der Waals surface area contributed by atoms with Crippen LogP contribution in [0.4, 0.5) is 11.5 Å². The van der Waals surface area contributed by atoms with Crippen molar-refractivity contribution >= 4 is 11.5 Å². The number of rotatable bonds is 1. The summed E-state index contributed by atoms with van der Waals surface area (Å²) in [5.41, 5.74) is 6.90. The SMILES string of the molecule is Cn1cc(N)c(N2CCC[C@H]3CCCC[C@H]32)n1. The zero-order valence-electron chi connectivity index (χ0n) is 10.6. The summed E-state index contributed by atoms with van der Waals surface area (Å²) < 4.78 is 1.83. The lowest BCUT2D eigenvalue weighted by Gasteiger charge is -2.44. The fourth-order valence-electron chi connectivity index (χ4n) is 3.61. The standard InChI is InChI=1S/C13H22N4/c1-16-9-11(14)13(15-16)17-8-4-6-10-5-2-3-7-12(10)17/h9-10,12H,2-8,14H2,1H3/t10-,12-/m1/s1. The molecule has 0 aromatic carbocycles. The van der Waals surface area contributed by atoms with Gasteiger partial charge in [0, 0.05) is 25.8 Å². The summed E-state index contributed by atoms with van der Waals surface area (Å²) in [6.07, 6.45) is 10.1. The summed E-state index contributed by atoms with van der Waals surface area (Å²) in [6, 6.07) is 0.690. The Hall–Kier alpha value is -1.19. The van der Waals surface area contributed by atoms with Gasteiger partial charge in [-0.3, -0.25) is 4.68 Å². The van der Waals surface area contributed by atoms with Crippen LogP contribution < -0.4 is 10.6 Å². The molecule has 1 saturated carbocycles. The van der Waals surface area contributed by atoms with Crippen molar-refractivity contribution < 1.29 is 0 Å². The van der Waals surface area contributed by atoms with E-state index in [0.29, 0.717) is 6.04 Å². The summed E-state index contributed by atoms with van der Waals surface area (Å²) in [5.74, 6) is 1.89. The first-order valence-electron chi connectivity index (χ1n) is 6.81. The van der Waals surface area contributed by atoms with Gasteiger partial charge in [-0.15, -0.1) is 0 Å². The lowest BCUT2D eigenvalue weighted by Crippen LogP contribution is -2.47. The van der Waals surface area contributed by atoms with Gasteiger partial charge in [-0.25, -0.2) is 0 Å². The van der Waals surface area contributed by atoms with Crippen LogP contribution in [-0.2, 0) is 7.05 Å². The molecule has 2 N–H and O–H groups in total. The van der Waals surface area contributed by atoms with E-state index in [1.807, 2.05) is 17.9 Å². The van der Waals surface area contributed by atoms with Gasteiger partial charge >= 0.3 is 0 Å². The number of aryl methyl sites for hydroxylation is 1. The number of fused-ring (bicyclic) bond motifs is 1. The third-order valence-electron chi connectivity index (χ3n) is 4.35. The van der Waals surface area contributed by atoms with Crippen molar-refractivity contribution in [3.05, 3.63) is 6.20 Å². The smallest absolute Gasteiger partial charge is 0.174 e. The Morgan fingerprint density at radius 2 is 2.00 bits per heavy atom. The van der Waals surface area contributed by atoms with E-state index in [1.54, 1.807) is 0 Å². The molecule has 4 nitrogen and oxygen atoms in total. The maximum Gasteiger partial charge on any atom is 0.174 e. The topological polar surface area (TPSA) is 47.1 Å². The van der Waals surface area contributed by atoms with Crippen LogP contribution >= 0.6 is 0 Å². The van der Waals surface area contributed by atoms with Crippen LogP contribution in [0.2, 0.25) is 0 Å². The zero-order chi connectivity index (χ0) is 11.8. The molecule has 0 radical (unpaired) electrons. The van der Waals surface area contributed by atoms with Crippen molar-refractivity contribution in [2.45, 2.75) is 44.6 Å². The fraction of sp³-hybridized carbons (Fsp3) is 0.769. The third kappa shape index (κ3) is 1.90. The number of aromatic nitrogens is 2. The van der Waals surface area contributed by atoms with E-state index < -0.39 is 0 Å². The Labute approximate surface area is 103 Å². The molecule has 2 atom stereocenters. The van der Waals surface area contributed by atoms with E-state index in [4.69, 9.17) is 5.73 Å². The molecular formula is C13H22N4. The fourth-order valence-corrected chi connectivity index (χ4v) is 3.61. The summed E-state index contributed by atoms with van der Waals surface area (Å²) in [5, 5.41) is 4.54. The quantitative estimate of drug-likeness (QED) is 0.810. The van der Waals surface area contributed by atoms with E-state index in [1.165, 1.54) is 38.5 Å². The van der Waals surface area contributed by atoms with E-state index in [2.05, 4.69) is 10.00 Å². The zero-order valence-corrected chi connectivity index (χ0v) is 10.6. The first kappa shape index (κ1) is 10.9. The molecule has 94 valence electrons. The molecule has 4 heteroatoms. The largest absolute Gasteiger partial charge is 0.394 e. The van der Waals surface area contributed by atoms with Gasteiger partial charge in [0.1, 0.15) is 0 Å². The average molecular weight is 234 g/mol. The molecule has 1 aliphatic heterocycles. The van der Waals surface area contributed by atoms with Gasteiger partial charge in [0.25, 0.3) is 0 Å². The number of hydrogen-bond donors (Lipinski definition) is 1. The second-order valence-corrected chi connectivity index (χ2v) is 5.53. The molecule has 1 aromatic rings. The number of hydrogen-bond acceptors (Lipinski definition) is 3. The minimum Gasteiger partial charge on any atom is -0.394 e. The number of anilines is 2. The number of nitrogens with zero attached hydrogens (tertiary/aromatic N) is 3. The molecule has 0 unspecified atom stereocenters. The molecule has 1 aliphatic carbocycles. The highest BCUT2D eigenvalue weighted by Crippen LogP contribution is 2.38. The Kier molecular flexibility index (Phi) is 2.73. The molecule has 2 aliphatic rings. The minimum atomic E-state index is 0.690. The highest BCUT2D eigenvalue weighted by molar-refractivity contribution is 5.62. The van der Waals surface area contributed by atoms with Crippen LogP contribution in [0.25, 0.3) is 0 Å². The van der Waals surface area contributed by atoms with Gasteiger partial charge in [0.15, 0.2) is 5.82 Å². The van der Waals surface area contributed by atoms with Gasteiger partial charge in [0.2, 0.25) is 0 Å². The Balaban J connectivity index is 1.88. The molecule has 0 amide bonds. The molecule has 1 saturated heterocycles. The van der Waals surface area contributed by atoms with Crippen LogP contribution in [0, 0.1) is 5.92 Å². The number of nitrogens with two attached hydrogens (primary N) is 1.